The average molecular weight is 363 g/mol. The van der Waals surface area contributed by atoms with Gasteiger partial charge in [-0.15, -0.1) is 0 Å². The number of aliphatic carboxylic acids is 1. The molecule has 26 heavy (non-hydrogen) atoms. The van der Waals surface area contributed by atoms with Gasteiger partial charge in [0, 0.05) is 6.08 Å². The number of allylic oxidation sites excluding steroid dienone is 8. The maximum absolute atomic E-state index is 10.2. The van der Waals surface area contributed by atoms with Crippen LogP contribution in [-0.2, 0) is 4.79 Å². The van der Waals surface area contributed by atoms with Crippen molar-refractivity contribution in [3.8, 4) is 0 Å². The van der Waals surface area contributed by atoms with Crippen molar-refractivity contribution in [2.24, 2.45) is 0 Å². The van der Waals surface area contributed by atoms with Crippen LogP contribution >= 0.6 is 0 Å². The lowest BCUT2D eigenvalue weighted by Gasteiger charge is -2.16. The van der Waals surface area contributed by atoms with Gasteiger partial charge in [0.2, 0.25) is 0 Å². The number of hydrogen-bond donors (Lipinski definition) is 3. The van der Waals surface area contributed by atoms with E-state index in [0.717, 1.165) is 18.9 Å². The molecule has 2 unspecified atom stereocenters. The van der Waals surface area contributed by atoms with Gasteiger partial charge in [0.05, 0.1) is 12.2 Å². The highest BCUT2D eigenvalue weighted by Gasteiger charge is 2.13. The van der Waals surface area contributed by atoms with Gasteiger partial charge in [-0.3, -0.25) is 0 Å². The van der Waals surface area contributed by atoms with Gasteiger partial charge in [0.1, 0.15) is 0 Å². The Labute approximate surface area is 157 Å². The molecule has 0 heterocycles. The molecular formula is C22H34O4. The minimum Gasteiger partial charge on any atom is -0.478 e. The maximum atomic E-state index is 10.2. The Morgan fingerprint density at radius 2 is 1.31 bits per heavy atom. The molecule has 0 amide bonds. The van der Waals surface area contributed by atoms with Crippen molar-refractivity contribution in [3.05, 3.63) is 60.8 Å². The van der Waals surface area contributed by atoms with E-state index in [-0.39, 0.29) is 0 Å². The molecule has 0 bridgehead atoms. The molecule has 0 rings (SSSR count). The van der Waals surface area contributed by atoms with Crippen molar-refractivity contribution >= 4 is 5.97 Å². The zero-order valence-electron chi connectivity index (χ0n) is 15.8. The third-order valence-corrected chi connectivity index (χ3v) is 3.83. The molecule has 0 aromatic heterocycles. The van der Waals surface area contributed by atoms with Crippen LogP contribution in [0.2, 0.25) is 0 Å². The summed E-state index contributed by atoms with van der Waals surface area (Å²) < 4.78 is 0. The Bertz CT molecular complexity index is 486. The van der Waals surface area contributed by atoms with Crippen LogP contribution in [0.25, 0.3) is 0 Å². The average Bonchev–Trinajstić information content (AvgIpc) is 2.61. The van der Waals surface area contributed by atoms with Crippen LogP contribution in [0.15, 0.2) is 60.8 Å². The quantitative estimate of drug-likeness (QED) is 0.224. The maximum Gasteiger partial charge on any atom is 0.328 e. The molecule has 0 radical (unpaired) electrons. The second-order valence-electron chi connectivity index (χ2n) is 6.21. The van der Waals surface area contributed by atoms with Crippen LogP contribution in [0.1, 0.15) is 58.3 Å². The van der Waals surface area contributed by atoms with Crippen LogP contribution in [0.5, 0.6) is 0 Å². The van der Waals surface area contributed by atoms with E-state index >= 15 is 0 Å². The van der Waals surface area contributed by atoms with Gasteiger partial charge in [-0.1, -0.05) is 100 Å². The number of aliphatic hydroxyl groups excluding tert-OH is 2. The summed E-state index contributed by atoms with van der Waals surface area (Å²) in [6, 6.07) is 0. The second kappa shape index (κ2) is 17.9. The van der Waals surface area contributed by atoms with Crippen molar-refractivity contribution in [2.45, 2.75) is 70.5 Å². The first-order chi connectivity index (χ1) is 12.6. The van der Waals surface area contributed by atoms with E-state index in [1.807, 2.05) is 30.4 Å². The number of rotatable bonds is 15. The number of aliphatic hydroxyl groups is 2. The Balaban J connectivity index is 3.82. The van der Waals surface area contributed by atoms with Crippen molar-refractivity contribution in [1.82, 2.24) is 0 Å². The molecule has 4 heteroatoms. The van der Waals surface area contributed by atoms with Crippen LogP contribution in [-0.4, -0.2) is 33.5 Å². The highest BCUT2D eigenvalue weighted by Crippen LogP contribution is 2.12. The number of hydrogen-bond acceptors (Lipinski definition) is 3. The molecule has 0 aromatic carbocycles. The van der Waals surface area contributed by atoms with Crippen LogP contribution < -0.4 is 0 Å². The summed E-state index contributed by atoms with van der Waals surface area (Å²) in [7, 11) is 0. The summed E-state index contributed by atoms with van der Waals surface area (Å²) in [5.41, 5.74) is 0. The Kier molecular flexibility index (Phi) is 16.6. The Morgan fingerprint density at radius 1 is 0.769 bits per heavy atom. The van der Waals surface area contributed by atoms with Gasteiger partial charge in [-0.05, 0) is 12.8 Å². The summed E-state index contributed by atoms with van der Waals surface area (Å²) in [6.07, 6.45) is 23.6. The smallest absolute Gasteiger partial charge is 0.328 e. The monoisotopic (exact) mass is 362 g/mol. The molecule has 0 fully saturated rings. The molecule has 0 saturated carbocycles. The van der Waals surface area contributed by atoms with Crippen LogP contribution in [0.3, 0.4) is 0 Å². The fourth-order valence-electron chi connectivity index (χ4n) is 2.30. The van der Waals surface area contributed by atoms with E-state index in [1.54, 1.807) is 18.2 Å². The predicted octanol–water partition coefficient (Wildman–Crippen LogP) is 4.71. The van der Waals surface area contributed by atoms with E-state index in [0.29, 0.717) is 12.8 Å². The van der Waals surface area contributed by atoms with Gasteiger partial charge in [-0.2, -0.15) is 0 Å². The first-order valence-electron chi connectivity index (χ1n) is 9.50. The minimum atomic E-state index is -0.969. The molecule has 146 valence electrons. The fraction of sp³-hybridized carbons (Fsp3) is 0.500. The molecule has 4 nitrogen and oxygen atoms in total. The summed E-state index contributed by atoms with van der Waals surface area (Å²) >= 11 is 0. The first-order valence-corrected chi connectivity index (χ1v) is 9.50. The Morgan fingerprint density at radius 3 is 1.92 bits per heavy atom. The number of carboxylic acid groups (broad SMARTS) is 1. The molecule has 3 N–H and O–H groups in total. The van der Waals surface area contributed by atoms with Crippen molar-refractivity contribution in [2.75, 3.05) is 0 Å². The van der Waals surface area contributed by atoms with E-state index in [4.69, 9.17) is 5.11 Å². The van der Waals surface area contributed by atoms with Gasteiger partial charge in [-0.25, -0.2) is 4.79 Å². The van der Waals surface area contributed by atoms with E-state index in [9.17, 15) is 15.0 Å². The van der Waals surface area contributed by atoms with Gasteiger partial charge < -0.3 is 15.3 Å². The summed E-state index contributed by atoms with van der Waals surface area (Å²) in [4.78, 5) is 10.2. The van der Waals surface area contributed by atoms with Crippen molar-refractivity contribution < 1.29 is 20.1 Å². The molecule has 0 spiro atoms. The normalized spacial score (nSPS) is 15.2. The molecule has 0 aliphatic rings. The zero-order valence-corrected chi connectivity index (χ0v) is 15.8. The zero-order chi connectivity index (χ0) is 19.5. The number of carboxylic acids is 1. The lowest BCUT2D eigenvalue weighted by atomic mass is 10.0. The minimum absolute atomic E-state index is 0.435. The molecule has 0 aliphatic heterocycles. The lowest BCUT2D eigenvalue weighted by Crippen LogP contribution is -2.25. The summed E-state index contributed by atoms with van der Waals surface area (Å²) in [5, 5.41) is 28.3. The molecular weight excluding hydrogens is 328 g/mol. The Hall–Kier alpha value is -1.91. The molecule has 0 aromatic rings. The standard InChI is InChI=1S/C22H34O4/c1-2-3-4-5-11-14-17-20(23)21(24)18-15-12-9-7-6-8-10-13-16-19-22(25)26/h6-10,12-13,15-16,19-21,23-24H,2-5,11,14,17-18H2,1H3,(H,25,26). The SMILES string of the molecule is CCCCCCCCC(O)C(O)CC=CC=CC=CC=CC=CC(=O)O. The van der Waals surface area contributed by atoms with Crippen molar-refractivity contribution in [3.63, 3.8) is 0 Å². The summed E-state index contributed by atoms with van der Waals surface area (Å²) in [6.45, 7) is 2.19. The van der Waals surface area contributed by atoms with E-state index in [2.05, 4.69) is 6.92 Å². The van der Waals surface area contributed by atoms with Crippen LogP contribution in [0.4, 0.5) is 0 Å². The van der Waals surface area contributed by atoms with E-state index < -0.39 is 18.2 Å². The molecule has 0 aliphatic carbocycles. The van der Waals surface area contributed by atoms with Crippen LogP contribution in [0, 0.1) is 0 Å². The predicted molar refractivity (Wildman–Crippen MR) is 108 cm³/mol. The van der Waals surface area contributed by atoms with Gasteiger partial charge >= 0.3 is 5.97 Å². The van der Waals surface area contributed by atoms with Gasteiger partial charge in [0.15, 0.2) is 0 Å². The van der Waals surface area contributed by atoms with Gasteiger partial charge in [0.25, 0.3) is 0 Å². The number of unbranched alkanes of at least 4 members (excludes halogenated alkanes) is 5. The fourth-order valence-corrected chi connectivity index (χ4v) is 2.30. The highest BCUT2D eigenvalue weighted by atomic mass is 16.4. The first kappa shape index (κ1) is 24.1. The topological polar surface area (TPSA) is 77.8 Å². The second-order valence-corrected chi connectivity index (χ2v) is 6.21. The van der Waals surface area contributed by atoms with Crippen molar-refractivity contribution in [1.29, 1.82) is 0 Å². The molecule has 0 saturated heterocycles. The molecule has 2 atom stereocenters. The largest absolute Gasteiger partial charge is 0.478 e. The van der Waals surface area contributed by atoms with E-state index in [1.165, 1.54) is 31.8 Å². The highest BCUT2D eigenvalue weighted by molar-refractivity contribution is 5.80. The third-order valence-electron chi connectivity index (χ3n) is 3.83. The summed E-state index contributed by atoms with van der Waals surface area (Å²) in [5.74, 6) is -0.969. The lowest BCUT2D eigenvalue weighted by molar-refractivity contribution is -0.131. The number of carbonyl (C=O) groups is 1. The third kappa shape index (κ3) is 16.9.